The molecule has 1 aromatic carbocycles. The Labute approximate surface area is 94.6 Å². The maximum Gasteiger partial charge on any atom is 0.223 e. The van der Waals surface area contributed by atoms with Crippen molar-refractivity contribution in [1.29, 1.82) is 0 Å². The summed E-state index contributed by atoms with van der Waals surface area (Å²) in [7, 11) is 0. The van der Waals surface area contributed by atoms with Crippen LogP contribution in [0.1, 0.15) is 24.6 Å². The standard InChI is InChI=1S/C13H16N2O/c1-2-5-9-10-6-3-4-7-11(10)15-12(9)8-13(14)16/h3-4,6-7,15H,2,5,8H2,1H3,(H2,14,16). The molecule has 16 heavy (non-hydrogen) atoms. The van der Waals surface area contributed by atoms with Crippen molar-refractivity contribution >= 4 is 16.8 Å². The number of amides is 1. The van der Waals surface area contributed by atoms with Crippen LogP contribution < -0.4 is 5.73 Å². The van der Waals surface area contributed by atoms with E-state index in [0.717, 1.165) is 24.1 Å². The number of aryl methyl sites for hydroxylation is 1. The number of nitrogens with two attached hydrogens (primary N) is 1. The van der Waals surface area contributed by atoms with Crippen molar-refractivity contribution < 1.29 is 4.79 Å². The molecular formula is C13H16N2O. The number of aromatic nitrogens is 1. The Bertz CT molecular complexity index is 514. The highest BCUT2D eigenvalue weighted by atomic mass is 16.1. The monoisotopic (exact) mass is 216 g/mol. The van der Waals surface area contributed by atoms with Gasteiger partial charge in [-0.1, -0.05) is 31.5 Å². The van der Waals surface area contributed by atoms with Crippen molar-refractivity contribution in [3.8, 4) is 0 Å². The molecule has 0 fully saturated rings. The van der Waals surface area contributed by atoms with Crippen molar-refractivity contribution in [3.05, 3.63) is 35.5 Å². The van der Waals surface area contributed by atoms with Gasteiger partial charge in [0.25, 0.3) is 0 Å². The molecule has 1 heterocycles. The minimum absolute atomic E-state index is 0.288. The number of carbonyl (C=O) groups is 1. The fourth-order valence-electron chi connectivity index (χ4n) is 2.12. The van der Waals surface area contributed by atoms with E-state index in [4.69, 9.17) is 5.73 Å². The Balaban J connectivity index is 2.53. The molecule has 0 atom stereocenters. The zero-order chi connectivity index (χ0) is 11.5. The second-order valence-corrected chi connectivity index (χ2v) is 4.02. The van der Waals surface area contributed by atoms with Crippen molar-refractivity contribution in [2.24, 2.45) is 5.73 Å². The molecule has 2 rings (SSSR count). The van der Waals surface area contributed by atoms with Gasteiger partial charge in [-0.2, -0.15) is 0 Å². The van der Waals surface area contributed by atoms with Gasteiger partial charge in [0.1, 0.15) is 0 Å². The molecule has 0 saturated carbocycles. The SMILES string of the molecule is CCCc1c(CC(N)=O)[nH]c2ccccc12. The highest BCUT2D eigenvalue weighted by Crippen LogP contribution is 2.23. The van der Waals surface area contributed by atoms with Gasteiger partial charge < -0.3 is 10.7 Å². The summed E-state index contributed by atoms with van der Waals surface area (Å²) in [5, 5.41) is 1.21. The van der Waals surface area contributed by atoms with E-state index in [1.165, 1.54) is 10.9 Å². The number of nitrogens with one attached hydrogen (secondary N) is 1. The van der Waals surface area contributed by atoms with Gasteiger partial charge in [-0.3, -0.25) is 4.79 Å². The van der Waals surface area contributed by atoms with E-state index in [0.29, 0.717) is 6.42 Å². The maximum absolute atomic E-state index is 11.0. The molecule has 2 aromatic rings. The second kappa shape index (κ2) is 4.39. The molecule has 0 aliphatic carbocycles. The molecule has 0 aliphatic rings. The van der Waals surface area contributed by atoms with Crippen LogP contribution in [0.5, 0.6) is 0 Å². The summed E-state index contributed by atoms with van der Waals surface area (Å²) in [4.78, 5) is 14.3. The zero-order valence-corrected chi connectivity index (χ0v) is 9.42. The van der Waals surface area contributed by atoms with Crippen LogP contribution in [0.15, 0.2) is 24.3 Å². The molecule has 3 N–H and O–H groups in total. The first-order valence-corrected chi connectivity index (χ1v) is 5.59. The molecule has 0 saturated heterocycles. The molecule has 0 aliphatic heterocycles. The average molecular weight is 216 g/mol. The van der Waals surface area contributed by atoms with Crippen molar-refractivity contribution in [2.45, 2.75) is 26.2 Å². The van der Waals surface area contributed by atoms with Gasteiger partial charge in [-0.05, 0) is 18.1 Å². The molecule has 0 radical (unpaired) electrons. The summed E-state index contributed by atoms with van der Waals surface area (Å²) in [6, 6.07) is 8.12. The first kappa shape index (κ1) is 10.7. The minimum Gasteiger partial charge on any atom is -0.369 e. The first-order valence-electron chi connectivity index (χ1n) is 5.59. The van der Waals surface area contributed by atoms with Crippen LogP contribution in [-0.2, 0) is 17.6 Å². The summed E-state index contributed by atoms with van der Waals surface area (Å²) < 4.78 is 0. The van der Waals surface area contributed by atoms with Crippen LogP contribution in [0.25, 0.3) is 10.9 Å². The zero-order valence-electron chi connectivity index (χ0n) is 9.42. The summed E-state index contributed by atoms with van der Waals surface area (Å²) in [6.45, 7) is 2.13. The third kappa shape index (κ3) is 1.94. The number of para-hydroxylation sites is 1. The average Bonchev–Trinajstić information content (AvgIpc) is 2.57. The summed E-state index contributed by atoms with van der Waals surface area (Å²) in [5.41, 5.74) is 8.54. The lowest BCUT2D eigenvalue weighted by Crippen LogP contribution is -2.14. The van der Waals surface area contributed by atoms with E-state index in [-0.39, 0.29) is 5.91 Å². The van der Waals surface area contributed by atoms with Gasteiger partial charge in [0, 0.05) is 16.6 Å². The van der Waals surface area contributed by atoms with Crippen LogP contribution in [0, 0.1) is 0 Å². The van der Waals surface area contributed by atoms with Crippen molar-refractivity contribution in [3.63, 3.8) is 0 Å². The van der Waals surface area contributed by atoms with E-state index in [2.05, 4.69) is 18.0 Å². The largest absolute Gasteiger partial charge is 0.369 e. The highest BCUT2D eigenvalue weighted by Gasteiger charge is 2.11. The molecule has 1 amide bonds. The summed E-state index contributed by atoms with van der Waals surface area (Å²) >= 11 is 0. The number of hydrogen-bond acceptors (Lipinski definition) is 1. The Morgan fingerprint density at radius 1 is 1.38 bits per heavy atom. The number of primary amides is 1. The van der Waals surface area contributed by atoms with E-state index < -0.39 is 0 Å². The minimum atomic E-state index is -0.288. The third-order valence-electron chi connectivity index (χ3n) is 2.75. The lowest BCUT2D eigenvalue weighted by Gasteiger charge is -2.00. The van der Waals surface area contributed by atoms with E-state index in [1.54, 1.807) is 0 Å². The van der Waals surface area contributed by atoms with Gasteiger partial charge in [-0.25, -0.2) is 0 Å². The second-order valence-electron chi connectivity index (χ2n) is 4.02. The number of fused-ring (bicyclic) bond motifs is 1. The normalized spacial score (nSPS) is 10.8. The smallest absolute Gasteiger partial charge is 0.223 e. The molecule has 84 valence electrons. The van der Waals surface area contributed by atoms with Crippen molar-refractivity contribution in [2.75, 3.05) is 0 Å². The van der Waals surface area contributed by atoms with Crippen LogP contribution in [0.4, 0.5) is 0 Å². The summed E-state index contributed by atoms with van der Waals surface area (Å²) in [6.07, 6.45) is 2.34. The number of aromatic amines is 1. The maximum atomic E-state index is 11.0. The van der Waals surface area contributed by atoms with Gasteiger partial charge in [0.2, 0.25) is 5.91 Å². The Morgan fingerprint density at radius 2 is 2.12 bits per heavy atom. The van der Waals surface area contributed by atoms with E-state index in [1.807, 2.05) is 18.2 Å². The van der Waals surface area contributed by atoms with Gasteiger partial charge in [-0.15, -0.1) is 0 Å². The van der Waals surface area contributed by atoms with Crippen LogP contribution >= 0.6 is 0 Å². The fourth-order valence-corrected chi connectivity index (χ4v) is 2.12. The lowest BCUT2D eigenvalue weighted by molar-refractivity contribution is -0.117. The number of H-pyrrole nitrogens is 1. The van der Waals surface area contributed by atoms with Gasteiger partial charge >= 0.3 is 0 Å². The Hall–Kier alpha value is -1.77. The number of rotatable bonds is 4. The van der Waals surface area contributed by atoms with Gasteiger partial charge in [0.05, 0.1) is 6.42 Å². The molecule has 0 unspecified atom stereocenters. The molecular weight excluding hydrogens is 200 g/mol. The van der Waals surface area contributed by atoms with E-state index in [9.17, 15) is 4.79 Å². The summed E-state index contributed by atoms with van der Waals surface area (Å²) in [5.74, 6) is -0.288. The number of benzene rings is 1. The van der Waals surface area contributed by atoms with E-state index >= 15 is 0 Å². The Morgan fingerprint density at radius 3 is 2.81 bits per heavy atom. The van der Waals surface area contributed by atoms with Crippen LogP contribution in [-0.4, -0.2) is 10.9 Å². The molecule has 3 nitrogen and oxygen atoms in total. The van der Waals surface area contributed by atoms with Crippen molar-refractivity contribution in [1.82, 2.24) is 4.98 Å². The Kier molecular flexibility index (Phi) is 2.95. The fraction of sp³-hybridized carbons (Fsp3) is 0.308. The molecule has 3 heteroatoms. The van der Waals surface area contributed by atoms with Crippen LogP contribution in [0.2, 0.25) is 0 Å². The lowest BCUT2D eigenvalue weighted by atomic mass is 10.0. The number of hydrogen-bond donors (Lipinski definition) is 2. The van der Waals surface area contributed by atoms with Gasteiger partial charge in [0.15, 0.2) is 0 Å². The third-order valence-corrected chi connectivity index (χ3v) is 2.75. The predicted molar refractivity (Wildman–Crippen MR) is 65.2 cm³/mol. The van der Waals surface area contributed by atoms with Crippen LogP contribution in [0.3, 0.4) is 0 Å². The topological polar surface area (TPSA) is 58.9 Å². The number of carbonyl (C=O) groups excluding carboxylic acids is 1. The predicted octanol–water partition coefficient (Wildman–Crippen LogP) is 2.15. The quantitative estimate of drug-likeness (QED) is 0.808. The molecule has 0 bridgehead atoms. The molecule has 1 aromatic heterocycles. The first-order chi connectivity index (χ1) is 7.72. The molecule has 0 spiro atoms. The highest BCUT2D eigenvalue weighted by molar-refractivity contribution is 5.87.